The van der Waals surface area contributed by atoms with Gasteiger partial charge in [0.25, 0.3) is 0 Å². The highest BCUT2D eigenvalue weighted by Gasteiger charge is 2.09. The maximum Gasteiger partial charge on any atom is 0.221 e. The van der Waals surface area contributed by atoms with Gasteiger partial charge in [-0.15, -0.1) is 0 Å². The van der Waals surface area contributed by atoms with Gasteiger partial charge >= 0.3 is 0 Å². The molecular weight excluding hydrogens is 262 g/mol. The Morgan fingerprint density at radius 2 is 1.95 bits per heavy atom. The van der Waals surface area contributed by atoms with Gasteiger partial charge in [0.05, 0.1) is 12.2 Å². The number of nitrogens with one attached hydrogen (secondary N) is 1. The Morgan fingerprint density at radius 3 is 2.67 bits per heavy atom. The summed E-state index contributed by atoms with van der Waals surface area (Å²) in [5.74, 6) is 2.03. The van der Waals surface area contributed by atoms with E-state index < -0.39 is 0 Å². The molecule has 1 N–H and O–H groups in total. The van der Waals surface area contributed by atoms with Gasteiger partial charge in [-0.2, -0.15) is 0 Å². The van der Waals surface area contributed by atoms with Crippen LogP contribution in [0.25, 0.3) is 0 Å². The number of benzene rings is 1. The molecule has 0 bridgehead atoms. The van der Waals surface area contributed by atoms with Crippen molar-refractivity contribution in [2.24, 2.45) is 0 Å². The lowest BCUT2D eigenvalue weighted by atomic mass is 9.98. The molecule has 2 aromatic rings. The van der Waals surface area contributed by atoms with Crippen molar-refractivity contribution >= 4 is 5.82 Å². The first-order valence-corrected chi connectivity index (χ1v) is 7.45. The van der Waals surface area contributed by atoms with E-state index in [1.165, 1.54) is 5.56 Å². The Labute approximate surface area is 126 Å². The second-order valence-corrected chi connectivity index (χ2v) is 5.11. The van der Waals surface area contributed by atoms with Gasteiger partial charge in [-0.05, 0) is 31.7 Å². The lowest BCUT2D eigenvalue weighted by molar-refractivity contribution is 0.324. The lowest BCUT2D eigenvalue weighted by Gasteiger charge is -2.14. The summed E-state index contributed by atoms with van der Waals surface area (Å²) in [6, 6.07) is 10.6. The van der Waals surface area contributed by atoms with Crippen molar-refractivity contribution in [3.63, 3.8) is 0 Å². The summed E-state index contributed by atoms with van der Waals surface area (Å²) in [6.45, 7) is 7.67. The third-order valence-corrected chi connectivity index (χ3v) is 3.56. The molecule has 1 heterocycles. The molecular formula is C17H23N3O. The first kappa shape index (κ1) is 15.3. The molecule has 0 spiro atoms. The molecule has 1 unspecified atom stereocenters. The standard InChI is InChI=1S/C17H23N3O/c1-4-21-17-14(3)16(19-12-20-17)18-11-10-13(2)15-8-6-5-7-9-15/h5-9,12-13H,4,10-11H2,1-3H3,(H,18,19,20). The van der Waals surface area contributed by atoms with Crippen LogP contribution in [0.2, 0.25) is 0 Å². The predicted octanol–water partition coefficient (Wildman–Crippen LogP) is 3.79. The molecule has 2 rings (SSSR count). The van der Waals surface area contributed by atoms with E-state index in [9.17, 15) is 0 Å². The molecule has 0 saturated heterocycles. The molecule has 0 saturated carbocycles. The quantitative estimate of drug-likeness (QED) is 0.840. The molecule has 0 aliphatic heterocycles. The highest BCUT2D eigenvalue weighted by Crippen LogP contribution is 2.22. The lowest BCUT2D eigenvalue weighted by Crippen LogP contribution is -2.09. The van der Waals surface area contributed by atoms with Crippen molar-refractivity contribution in [3.05, 3.63) is 47.8 Å². The van der Waals surface area contributed by atoms with E-state index in [0.717, 1.165) is 24.3 Å². The molecule has 0 amide bonds. The number of aromatic nitrogens is 2. The summed E-state index contributed by atoms with van der Waals surface area (Å²) >= 11 is 0. The molecule has 4 heteroatoms. The largest absolute Gasteiger partial charge is 0.478 e. The van der Waals surface area contributed by atoms with Crippen molar-refractivity contribution in [1.82, 2.24) is 9.97 Å². The van der Waals surface area contributed by atoms with Gasteiger partial charge in [-0.1, -0.05) is 37.3 Å². The van der Waals surface area contributed by atoms with Gasteiger partial charge in [0.2, 0.25) is 5.88 Å². The molecule has 112 valence electrons. The second-order valence-electron chi connectivity index (χ2n) is 5.11. The van der Waals surface area contributed by atoms with Crippen LogP contribution in [0.4, 0.5) is 5.82 Å². The van der Waals surface area contributed by atoms with Crippen LogP contribution in [0.15, 0.2) is 36.7 Å². The summed E-state index contributed by atoms with van der Waals surface area (Å²) in [6.07, 6.45) is 2.60. The van der Waals surface area contributed by atoms with E-state index in [2.05, 4.69) is 46.5 Å². The van der Waals surface area contributed by atoms with E-state index in [1.54, 1.807) is 6.33 Å². The van der Waals surface area contributed by atoms with Crippen LogP contribution < -0.4 is 10.1 Å². The monoisotopic (exact) mass is 285 g/mol. The molecule has 0 fully saturated rings. The SMILES string of the molecule is CCOc1ncnc(NCCC(C)c2ccccc2)c1C. The molecule has 0 aliphatic rings. The van der Waals surface area contributed by atoms with E-state index >= 15 is 0 Å². The Kier molecular flexibility index (Phi) is 5.55. The first-order valence-electron chi connectivity index (χ1n) is 7.45. The van der Waals surface area contributed by atoms with Crippen LogP contribution in [0.3, 0.4) is 0 Å². The maximum atomic E-state index is 5.48. The van der Waals surface area contributed by atoms with Crippen molar-refractivity contribution in [3.8, 4) is 5.88 Å². The second kappa shape index (κ2) is 7.62. The van der Waals surface area contributed by atoms with Crippen molar-refractivity contribution in [1.29, 1.82) is 0 Å². The molecule has 1 aromatic heterocycles. The van der Waals surface area contributed by atoms with Crippen LogP contribution in [0.5, 0.6) is 5.88 Å². The normalized spacial score (nSPS) is 12.0. The van der Waals surface area contributed by atoms with Gasteiger partial charge in [0, 0.05) is 6.54 Å². The zero-order chi connectivity index (χ0) is 15.1. The first-order chi connectivity index (χ1) is 10.2. The van der Waals surface area contributed by atoms with Gasteiger partial charge in [-0.25, -0.2) is 9.97 Å². The average Bonchev–Trinajstić information content (AvgIpc) is 2.52. The van der Waals surface area contributed by atoms with Gasteiger partial charge in [0.15, 0.2) is 0 Å². The minimum Gasteiger partial charge on any atom is -0.478 e. The molecule has 0 radical (unpaired) electrons. The minimum atomic E-state index is 0.521. The molecule has 21 heavy (non-hydrogen) atoms. The van der Waals surface area contributed by atoms with E-state index in [1.807, 2.05) is 19.9 Å². The summed E-state index contributed by atoms with van der Waals surface area (Å²) in [5.41, 5.74) is 2.33. The van der Waals surface area contributed by atoms with E-state index in [0.29, 0.717) is 18.4 Å². The smallest absolute Gasteiger partial charge is 0.221 e. The molecule has 0 aliphatic carbocycles. The minimum absolute atomic E-state index is 0.521. The Balaban J connectivity index is 1.90. The van der Waals surface area contributed by atoms with Crippen molar-refractivity contribution in [2.45, 2.75) is 33.1 Å². The topological polar surface area (TPSA) is 47.0 Å². The number of hydrogen-bond donors (Lipinski definition) is 1. The highest BCUT2D eigenvalue weighted by molar-refractivity contribution is 5.47. The third kappa shape index (κ3) is 4.18. The van der Waals surface area contributed by atoms with Gasteiger partial charge in [0.1, 0.15) is 12.1 Å². The number of rotatable bonds is 7. The predicted molar refractivity (Wildman–Crippen MR) is 85.9 cm³/mol. The summed E-state index contributed by atoms with van der Waals surface area (Å²) in [4.78, 5) is 8.43. The Morgan fingerprint density at radius 1 is 1.19 bits per heavy atom. The van der Waals surface area contributed by atoms with Crippen LogP contribution in [-0.4, -0.2) is 23.1 Å². The summed E-state index contributed by atoms with van der Waals surface area (Å²) in [5, 5.41) is 3.38. The Hall–Kier alpha value is -2.10. The van der Waals surface area contributed by atoms with E-state index in [-0.39, 0.29) is 0 Å². The summed E-state index contributed by atoms with van der Waals surface area (Å²) < 4.78 is 5.48. The summed E-state index contributed by atoms with van der Waals surface area (Å²) in [7, 11) is 0. The zero-order valence-electron chi connectivity index (χ0n) is 13.0. The fraction of sp³-hybridized carbons (Fsp3) is 0.412. The fourth-order valence-electron chi connectivity index (χ4n) is 2.25. The molecule has 1 aromatic carbocycles. The van der Waals surface area contributed by atoms with Crippen LogP contribution >= 0.6 is 0 Å². The fourth-order valence-corrected chi connectivity index (χ4v) is 2.25. The highest BCUT2D eigenvalue weighted by atomic mass is 16.5. The Bertz CT molecular complexity index is 557. The maximum absolute atomic E-state index is 5.48. The van der Waals surface area contributed by atoms with Crippen molar-refractivity contribution < 1.29 is 4.74 Å². The number of hydrogen-bond acceptors (Lipinski definition) is 4. The van der Waals surface area contributed by atoms with Crippen LogP contribution in [-0.2, 0) is 0 Å². The third-order valence-electron chi connectivity index (χ3n) is 3.56. The number of ether oxygens (including phenoxy) is 1. The van der Waals surface area contributed by atoms with E-state index in [4.69, 9.17) is 4.74 Å². The van der Waals surface area contributed by atoms with Gasteiger partial charge in [-0.3, -0.25) is 0 Å². The van der Waals surface area contributed by atoms with Crippen LogP contribution in [0, 0.1) is 6.92 Å². The van der Waals surface area contributed by atoms with Crippen LogP contribution in [0.1, 0.15) is 37.3 Å². The van der Waals surface area contributed by atoms with Crippen molar-refractivity contribution in [2.75, 3.05) is 18.5 Å². The number of nitrogens with zero attached hydrogens (tertiary/aromatic N) is 2. The number of anilines is 1. The molecule has 4 nitrogen and oxygen atoms in total. The molecule has 1 atom stereocenters. The van der Waals surface area contributed by atoms with Gasteiger partial charge < -0.3 is 10.1 Å². The zero-order valence-corrected chi connectivity index (χ0v) is 13.0. The average molecular weight is 285 g/mol.